The predicted octanol–water partition coefficient (Wildman–Crippen LogP) is 0.814. The van der Waals surface area contributed by atoms with Crippen LogP contribution in [0, 0.1) is 0 Å². The van der Waals surface area contributed by atoms with Gasteiger partial charge in [-0.3, -0.25) is 0 Å². The van der Waals surface area contributed by atoms with E-state index in [1.807, 2.05) is 6.07 Å². The molecule has 2 rings (SSSR count). The van der Waals surface area contributed by atoms with Crippen LogP contribution in [0.4, 0.5) is 0 Å². The largest absolute Gasteiger partial charge is 0.497 e. The lowest BCUT2D eigenvalue weighted by molar-refractivity contribution is 0.0525. The summed E-state index contributed by atoms with van der Waals surface area (Å²) in [7, 11) is 1.60. The molecule has 0 aromatic heterocycles. The SMILES string of the molecule is COc1ccc2c(c1)OC(CNO)CO2. The van der Waals surface area contributed by atoms with E-state index in [1.54, 1.807) is 19.2 Å². The number of ether oxygens (including phenoxy) is 3. The highest BCUT2D eigenvalue weighted by Gasteiger charge is 2.20. The standard InChI is InChI=1S/C10H13NO4/c1-13-7-2-3-9-10(4-7)15-8(5-11-12)6-14-9/h2-4,8,11-12H,5-6H2,1H3. The monoisotopic (exact) mass is 211 g/mol. The van der Waals surface area contributed by atoms with Gasteiger partial charge in [-0.2, -0.15) is 0 Å². The molecule has 1 aliphatic heterocycles. The average Bonchev–Trinajstić information content (AvgIpc) is 2.28. The highest BCUT2D eigenvalue weighted by molar-refractivity contribution is 5.46. The van der Waals surface area contributed by atoms with E-state index >= 15 is 0 Å². The molecule has 1 aliphatic rings. The van der Waals surface area contributed by atoms with Crippen molar-refractivity contribution in [1.82, 2.24) is 5.48 Å². The Labute approximate surface area is 87.5 Å². The summed E-state index contributed by atoms with van der Waals surface area (Å²) in [5, 5.41) is 8.56. The van der Waals surface area contributed by atoms with Gasteiger partial charge in [0.05, 0.1) is 13.7 Å². The Hall–Kier alpha value is -1.46. The lowest BCUT2D eigenvalue weighted by atomic mass is 10.2. The zero-order chi connectivity index (χ0) is 10.7. The Morgan fingerprint density at radius 2 is 2.40 bits per heavy atom. The van der Waals surface area contributed by atoms with Crippen molar-refractivity contribution in [3.05, 3.63) is 18.2 Å². The van der Waals surface area contributed by atoms with Crippen LogP contribution in [0.1, 0.15) is 0 Å². The molecule has 1 aromatic rings. The van der Waals surface area contributed by atoms with Crippen LogP contribution in [0.15, 0.2) is 18.2 Å². The first kappa shape index (κ1) is 10.1. The number of hydroxylamine groups is 1. The molecule has 0 saturated carbocycles. The molecule has 82 valence electrons. The molecule has 0 bridgehead atoms. The predicted molar refractivity (Wildman–Crippen MR) is 52.7 cm³/mol. The first-order valence-corrected chi connectivity index (χ1v) is 4.68. The number of hydrogen-bond donors (Lipinski definition) is 2. The number of benzene rings is 1. The van der Waals surface area contributed by atoms with Crippen molar-refractivity contribution in [2.45, 2.75) is 6.10 Å². The maximum atomic E-state index is 8.56. The molecular weight excluding hydrogens is 198 g/mol. The fraction of sp³-hybridized carbons (Fsp3) is 0.400. The molecule has 1 atom stereocenters. The van der Waals surface area contributed by atoms with Gasteiger partial charge in [0.25, 0.3) is 0 Å². The van der Waals surface area contributed by atoms with E-state index in [4.69, 9.17) is 19.4 Å². The third-order valence-electron chi connectivity index (χ3n) is 2.19. The molecule has 5 nitrogen and oxygen atoms in total. The summed E-state index contributed by atoms with van der Waals surface area (Å²) in [6.45, 7) is 0.754. The van der Waals surface area contributed by atoms with E-state index in [0.717, 1.165) is 5.75 Å². The Morgan fingerprint density at radius 3 is 3.13 bits per heavy atom. The van der Waals surface area contributed by atoms with E-state index in [1.165, 1.54) is 0 Å². The molecular formula is C10H13NO4. The van der Waals surface area contributed by atoms with Crippen molar-refractivity contribution in [3.8, 4) is 17.2 Å². The summed E-state index contributed by atoms with van der Waals surface area (Å²) >= 11 is 0. The van der Waals surface area contributed by atoms with Gasteiger partial charge in [-0.1, -0.05) is 0 Å². The first-order valence-electron chi connectivity index (χ1n) is 4.68. The summed E-state index contributed by atoms with van der Waals surface area (Å²) in [4.78, 5) is 0. The third kappa shape index (κ3) is 2.14. The molecule has 1 aromatic carbocycles. The number of rotatable bonds is 3. The van der Waals surface area contributed by atoms with Gasteiger partial charge >= 0.3 is 0 Å². The van der Waals surface area contributed by atoms with Crippen LogP contribution in [0.25, 0.3) is 0 Å². The fourth-order valence-electron chi connectivity index (χ4n) is 1.43. The molecule has 0 amide bonds. The molecule has 1 unspecified atom stereocenters. The Morgan fingerprint density at radius 1 is 1.53 bits per heavy atom. The van der Waals surface area contributed by atoms with Gasteiger partial charge in [-0.25, -0.2) is 5.48 Å². The van der Waals surface area contributed by atoms with Crippen molar-refractivity contribution in [1.29, 1.82) is 0 Å². The van der Waals surface area contributed by atoms with Gasteiger partial charge in [-0.15, -0.1) is 0 Å². The van der Waals surface area contributed by atoms with E-state index in [0.29, 0.717) is 24.7 Å². The smallest absolute Gasteiger partial charge is 0.165 e. The summed E-state index contributed by atoms with van der Waals surface area (Å²) < 4.78 is 16.1. The second kappa shape index (κ2) is 4.37. The van der Waals surface area contributed by atoms with Gasteiger partial charge in [-0.05, 0) is 12.1 Å². The van der Waals surface area contributed by atoms with Crippen LogP contribution in [0.2, 0.25) is 0 Å². The van der Waals surface area contributed by atoms with E-state index < -0.39 is 0 Å². The Kier molecular flexibility index (Phi) is 2.94. The fourth-order valence-corrected chi connectivity index (χ4v) is 1.43. The lowest BCUT2D eigenvalue weighted by Crippen LogP contribution is -2.37. The average molecular weight is 211 g/mol. The summed E-state index contributed by atoms with van der Waals surface area (Å²) in [5.74, 6) is 2.06. The molecule has 5 heteroatoms. The minimum absolute atomic E-state index is 0.186. The molecule has 0 aliphatic carbocycles. The lowest BCUT2D eigenvalue weighted by Gasteiger charge is -2.26. The summed E-state index contributed by atoms with van der Waals surface area (Å²) in [6, 6.07) is 5.38. The summed E-state index contributed by atoms with van der Waals surface area (Å²) in [5.41, 5.74) is 2.06. The zero-order valence-corrected chi connectivity index (χ0v) is 8.40. The van der Waals surface area contributed by atoms with E-state index in [-0.39, 0.29) is 6.10 Å². The maximum Gasteiger partial charge on any atom is 0.165 e. The van der Waals surface area contributed by atoms with Crippen LogP contribution < -0.4 is 19.7 Å². The van der Waals surface area contributed by atoms with Crippen molar-refractivity contribution in [2.75, 3.05) is 20.3 Å². The second-order valence-corrected chi connectivity index (χ2v) is 3.23. The van der Waals surface area contributed by atoms with Crippen molar-refractivity contribution in [3.63, 3.8) is 0 Å². The van der Waals surface area contributed by atoms with Gasteiger partial charge in [0, 0.05) is 6.07 Å². The van der Waals surface area contributed by atoms with Gasteiger partial charge in [0.2, 0.25) is 0 Å². The van der Waals surface area contributed by atoms with Crippen LogP contribution in [-0.2, 0) is 0 Å². The van der Waals surface area contributed by atoms with Crippen molar-refractivity contribution >= 4 is 0 Å². The minimum Gasteiger partial charge on any atom is -0.497 e. The molecule has 0 fully saturated rings. The molecule has 2 N–H and O–H groups in total. The number of fused-ring (bicyclic) bond motifs is 1. The minimum atomic E-state index is -0.186. The van der Waals surface area contributed by atoms with Gasteiger partial charge < -0.3 is 19.4 Å². The number of hydrogen-bond acceptors (Lipinski definition) is 5. The first-order chi connectivity index (χ1) is 7.33. The maximum absolute atomic E-state index is 8.56. The second-order valence-electron chi connectivity index (χ2n) is 3.23. The quantitative estimate of drug-likeness (QED) is 0.725. The number of methoxy groups -OCH3 is 1. The van der Waals surface area contributed by atoms with Crippen LogP contribution in [-0.4, -0.2) is 31.6 Å². The zero-order valence-electron chi connectivity index (χ0n) is 8.40. The third-order valence-corrected chi connectivity index (χ3v) is 2.19. The van der Waals surface area contributed by atoms with Crippen LogP contribution in [0.5, 0.6) is 17.2 Å². The van der Waals surface area contributed by atoms with E-state index in [2.05, 4.69) is 5.48 Å². The highest BCUT2D eigenvalue weighted by Crippen LogP contribution is 2.34. The topological polar surface area (TPSA) is 60.0 Å². The van der Waals surface area contributed by atoms with Gasteiger partial charge in [0.15, 0.2) is 11.5 Å². The highest BCUT2D eigenvalue weighted by atomic mass is 16.6. The van der Waals surface area contributed by atoms with Crippen molar-refractivity contribution in [2.24, 2.45) is 0 Å². The Bertz CT molecular complexity index is 342. The van der Waals surface area contributed by atoms with E-state index in [9.17, 15) is 0 Å². The van der Waals surface area contributed by atoms with Crippen LogP contribution in [0.3, 0.4) is 0 Å². The Balaban J connectivity index is 2.16. The molecule has 0 radical (unpaired) electrons. The van der Waals surface area contributed by atoms with Gasteiger partial charge in [0.1, 0.15) is 18.5 Å². The molecule has 0 spiro atoms. The normalized spacial score (nSPS) is 18.7. The molecule has 1 heterocycles. The summed E-state index contributed by atoms with van der Waals surface area (Å²) in [6.07, 6.45) is -0.186. The molecule has 0 saturated heterocycles. The van der Waals surface area contributed by atoms with Crippen LogP contribution >= 0.6 is 0 Å². The molecule has 15 heavy (non-hydrogen) atoms. The number of nitrogens with one attached hydrogen (secondary N) is 1. The van der Waals surface area contributed by atoms with Crippen molar-refractivity contribution < 1.29 is 19.4 Å².